The summed E-state index contributed by atoms with van der Waals surface area (Å²) in [5.74, 6) is -0.119. The van der Waals surface area contributed by atoms with E-state index in [0.29, 0.717) is 12.3 Å². The van der Waals surface area contributed by atoms with Crippen LogP contribution in [0.4, 0.5) is 0 Å². The van der Waals surface area contributed by atoms with E-state index in [9.17, 15) is 19.8 Å². The van der Waals surface area contributed by atoms with Crippen LogP contribution in [0.15, 0.2) is 0 Å². The number of aliphatic hydroxyl groups excluding tert-OH is 2. The summed E-state index contributed by atoms with van der Waals surface area (Å²) in [5.41, 5.74) is -0.740. The highest BCUT2D eigenvalue weighted by Crippen LogP contribution is 2.33. The summed E-state index contributed by atoms with van der Waals surface area (Å²) in [6.07, 6.45) is 16.2. The topological polar surface area (TPSA) is 108 Å². The molecule has 0 radical (unpaired) electrons. The monoisotopic (exact) mass is 662 g/mol. The first kappa shape index (κ1) is 39.6. The van der Waals surface area contributed by atoms with Crippen LogP contribution in [0, 0.1) is 5.92 Å². The van der Waals surface area contributed by atoms with E-state index in [2.05, 4.69) is 24.1 Å². The average Bonchev–Trinajstić information content (AvgIpc) is 3.36. The Labute approximate surface area is 277 Å². The fourth-order valence-corrected chi connectivity index (χ4v) is 7.62. The van der Waals surface area contributed by atoms with Crippen LogP contribution >= 0.6 is 23.4 Å². The third-order valence-electron chi connectivity index (χ3n) is 9.36. The van der Waals surface area contributed by atoms with Crippen LogP contribution in [0.2, 0.25) is 0 Å². The van der Waals surface area contributed by atoms with E-state index in [-0.39, 0.29) is 18.4 Å². The van der Waals surface area contributed by atoms with Gasteiger partial charge in [-0.25, -0.2) is 0 Å². The number of carbonyl (C=O) groups excluding carboxylic acids is 2. The molecular weight excluding hydrogens is 600 g/mol. The quantitative estimate of drug-likeness (QED) is 0.0693. The molecule has 2 heterocycles. The number of halogens is 1. The van der Waals surface area contributed by atoms with Crippen LogP contribution in [-0.2, 0) is 19.1 Å². The average molecular weight is 663 g/mol. The van der Waals surface area contributed by atoms with Gasteiger partial charge in [0.25, 0.3) is 0 Å². The number of nitrogens with one attached hydrogen (secondary N) is 1. The highest BCUT2D eigenvalue weighted by Gasteiger charge is 2.50. The molecule has 258 valence electrons. The molecule has 0 aliphatic carbocycles. The predicted octanol–water partition coefficient (Wildman–Crippen LogP) is 6.42. The number of hydrogen-bond donors (Lipinski definition) is 3. The lowest BCUT2D eigenvalue weighted by Gasteiger charge is -2.45. The van der Waals surface area contributed by atoms with Gasteiger partial charge in [-0.05, 0) is 45.4 Å². The lowest BCUT2D eigenvalue weighted by molar-refractivity contribution is -0.220. The minimum atomic E-state index is -1.34. The molecular formula is C34H63ClN2O6S. The van der Waals surface area contributed by atoms with E-state index in [1.54, 1.807) is 13.2 Å². The van der Waals surface area contributed by atoms with E-state index < -0.39 is 47.2 Å². The van der Waals surface area contributed by atoms with Crippen molar-refractivity contribution in [3.05, 3.63) is 0 Å². The molecule has 1 amide bonds. The maximum atomic E-state index is 13.4. The second kappa shape index (κ2) is 22.1. The number of alkyl halides is 1. The van der Waals surface area contributed by atoms with Gasteiger partial charge in [-0.2, -0.15) is 0 Å². The summed E-state index contributed by atoms with van der Waals surface area (Å²) in [6.45, 7) is 7.02. The molecule has 2 aliphatic heterocycles. The lowest BCUT2D eigenvalue weighted by Crippen LogP contribution is -2.65. The molecule has 1 unspecified atom stereocenters. The Kier molecular flexibility index (Phi) is 19.9. The molecule has 0 aromatic heterocycles. The fraction of sp³-hybridized carbons (Fsp3) is 0.941. The Hall–Kier alpha value is -0.580. The maximum Gasteiger partial charge on any atom is 0.306 e. The van der Waals surface area contributed by atoms with Crippen LogP contribution in [0.5, 0.6) is 0 Å². The summed E-state index contributed by atoms with van der Waals surface area (Å²) in [7, 11) is 1.96. The van der Waals surface area contributed by atoms with Crippen molar-refractivity contribution >= 4 is 35.2 Å². The van der Waals surface area contributed by atoms with Crippen molar-refractivity contribution < 1.29 is 29.3 Å². The molecule has 0 spiro atoms. The number of carbonyl (C=O) groups is 2. The first-order chi connectivity index (χ1) is 21.1. The van der Waals surface area contributed by atoms with Crippen molar-refractivity contribution in [3.8, 4) is 0 Å². The Morgan fingerprint density at radius 2 is 1.52 bits per heavy atom. The number of unbranched alkanes of at least 4 members (excludes halogenated alkanes) is 12. The zero-order chi connectivity index (χ0) is 32.5. The third kappa shape index (κ3) is 13.3. The molecule has 0 bridgehead atoms. The number of esters is 1. The number of hydrogen-bond acceptors (Lipinski definition) is 8. The molecule has 2 saturated heterocycles. The lowest BCUT2D eigenvalue weighted by atomic mass is 9.92. The standard InChI is InChI=1S/C34H63ClN2O6S/c1-6-8-9-10-11-12-13-14-15-16-17-18-19-21-27(38)42-32-29(39)31(43-34(44-5)30(32)40)28(24(3)35)36-33(41)26-22-25(20-7-2)23-37(26)4/h24-26,28-32,34,39-40H,6-23H2,1-5H3,(H,36,41)/t24-,25+,26?,28+,29-,30+,31+,32-,34+/m0/s1. The number of aliphatic hydroxyl groups is 2. The summed E-state index contributed by atoms with van der Waals surface area (Å²) >= 11 is 7.83. The molecule has 3 N–H and O–H groups in total. The van der Waals surface area contributed by atoms with Crippen LogP contribution < -0.4 is 5.32 Å². The third-order valence-corrected chi connectivity index (χ3v) is 10.5. The van der Waals surface area contributed by atoms with Crippen LogP contribution in [-0.4, -0.2) is 94.2 Å². The van der Waals surface area contributed by atoms with Crippen molar-refractivity contribution in [1.29, 1.82) is 0 Å². The second-order valence-corrected chi connectivity index (χ2v) is 14.8. The summed E-state index contributed by atoms with van der Waals surface area (Å²) in [6, 6.07) is -1.01. The van der Waals surface area contributed by atoms with Crippen molar-refractivity contribution in [1.82, 2.24) is 10.2 Å². The predicted molar refractivity (Wildman–Crippen MR) is 181 cm³/mol. The SMILES string of the molecule is CCCCCCCCCCCCCCCC(=O)O[C@H]1[C@@H](O)[C@@H]([C@H](NC(=O)C2C[C@@H](CCC)CN2C)[C@H](C)Cl)O[C@H](SC)[C@@H]1O. The summed E-state index contributed by atoms with van der Waals surface area (Å²) < 4.78 is 11.8. The van der Waals surface area contributed by atoms with Crippen LogP contribution in [0.3, 0.4) is 0 Å². The first-order valence-corrected chi connectivity index (χ1v) is 19.2. The number of likely N-dealkylation sites (tertiary alicyclic amines) is 1. The molecule has 0 aromatic rings. The van der Waals surface area contributed by atoms with E-state index in [1.165, 1.54) is 76.0 Å². The number of likely N-dealkylation sites (N-methyl/N-ethyl adjacent to an activating group) is 1. The highest BCUT2D eigenvalue weighted by atomic mass is 35.5. The minimum absolute atomic E-state index is 0.151. The number of thioether (sulfide) groups is 1. The number of rotatable bonds is 22. The van der Waals surface area contributed by atoms with Gasteiger partial charge in [-0.3, -0.25) is 14.5 Å². The molecule has 2 rings (SSSR count). The first-order valence-electron chi connectivity index (χ1n) is 17.5. The van der Waals surface area contributed by atoms with Gasteiger partial charge in [0.1, 0.15) is 23.7 Å². The molecule has 9 atom stereocenters. The van der Waals surface area contributed by atoms with E-state index in [1.807, 2.05) is 7.05 Å². The van der Waals surface area contributed by atoms with E-state index >= 15 is 0 Å². The largest absolute Gasteiger partial charge is 0.457 e. The zero-order valence-corrected chi connectivity index (χ0v) is 29.8. The van der Waals surface area contributed by atoms with Gasteiger partial charge in [0.05, 0.1) is 17.5 Å². The van der Waals surface area contributed by atoms with Gasteiger partial charge in [0.15, 0.2) is 6.10 Å². The van der Waals surface area contributed by atoms with Gasteiger partial charge >= 0.3 is 5.97 Å². The fourth-order valence-electron chi connectivity index (χ4n) is 6.74. The Balaban J connectivity index is 1.82. The number of nitrogens with zero attached hydrogens (tertiary/aromatic N) is 1. The van der Waals surface area contributed by atoms with Crippen molar-refractivity contribution in [3.63, 3.8) is 0 Å². The minimum Gasteiger partial charge on any atom is -0.457 e. The summed E-state index contributed by atoms with van der Waals surface area (Å²) in [5, 5.41) is 24.7. The van der Waals surface area contributed by atoms with Gasteiger partial charge in [-0.15, -0.1) is 23.4 Å². The Morgan fingerprint density at radius 1 is 0.955 bits per heavy atom. The maximum absolute atomic E-state index is 13.4. The normalized spacial score (nSPS) is 29.0. The molecule has 0 aromatic carbocycles. The summed E-state index contributed by atoms with van der Waals surface area (Å²) in [4.78, 5) is 28.2. The molecule has 10 heteroatoms. The van der Waals surface area contributed by atoms with Gasteiger partial charge in [0.2, 0.25) is 5.91 Å². The highest BCUT2D eigenvalue weighted by molar-refractivity contribution is 7.99. The van der Waals surface area contributed by atoms with Gasteiger partial charge in [-0.1, -0.05) is 97.3 Å². The van der Waals surface area contributed by atoms with Crippen molar-refractivity contribution in [2.24, 2.45) is 5.92 Å². The van der Waals surface area contributed by atoms with E-state index in [4.69, 9.17) is 21.1 Å². The van der Waals surface area contributed by atoms with Crippen molar-refractivity contribution in [2.75, 3.05) is 19.8 Å². The molecule has 2 fully saturated rings. The Bertz CT molecular complexity index is 808. The van der Waals surface area contributed by atoms with Crippen molar-refractivity contribution in [2.45, 2.75) is 177 Å². The Morgan fingerprint density at radius 3 is 2.05 bits per heavy atom. The van der Waals surface area contributed by atoms with E-state index in [0.717, 1.165) is 38.6 Å². The molecule has 44 heavy (non-hydrogen) atoms. The molecule has 2 aliphatic rings. The smallest absolute Gasteiger partial charge is 0.306 e. The molecule has 0 saturated carbocycles. The molecule has 8 nitrogen and oxygen atoms in total. The second-order valence-electron chi connectivity index (χ2n) is 13.2. The number of amides is 1. The zero-order valence-electron chi connectivity index (χ0n) is 28.2. The van der Waals surface area contributed by atoms with Gasteiger partial charge < -0.3 is 25.0 Å². The number of ether oxygens (including phenoxy) is 2. The van der Waals surface area contributed by atoms with Crippen LogP contribution in [0.1, 0.15) is 130 Å². The van der Waals surface area contributed by atoms with Crippen LogP contribution in [0.25, 0.3) is 0 Å². The van der Waals surface area contributed by atoms with Gasteiger partial charge in [0, 0.05) is 13.0 Å².